The molecular weight excluding hydrogens is 302 g/mol. The highest BCUT2D eigenvalue weighted by molar-refractivity contribution is 5.97. The van der Waals surface area contributed by atoms with E-state index < -0.39 is 6.04 Å². The molecule has 5 nitrogen and oxygen atoms in total. The first-order valence-corrected chi connectivity index (χ1v) is 7.37. The van der Waals surface area contributed by atoms with Crippen LogP contribution in [0.2, 0.25) is 0 Å². The van der Waals surface area contributed by atoms with Gasteiger partial charge in [0.2, 0.25) is 5.91 Å². The summed E-state index contributed by atoms with van der Waals surface area (Å²) in [5.41, 5.74) is 1.61. The lowest BCUT2D eigenvalue weighted by molar-refractivity contribution is -0.133. The number of amides is 2. The number of hydrogen-bond acceptors (Lipinski definition) is 3. The van der Waals surface area contributed by atoms with E-state index in [1.807, 2.05) is 30.0 Å². The Kier molecular flexibility index (Phi) is 6.84. The maximum atomic E-state index is 12.4. The minimum absolute atomic E-state index is 0. The number of carbonyl (C=O) groups is 2. The molecule has 122 valence electrons. The summed E-state index contributed by atoms with van der Waals surface area (Å²) in [7, 11) is 0. The lowest BCUT2D eigenvalue weighted by Crippen LogP contribution is -2.56. The van der Waals surface area contributed by atoms with Crippen molar-refractivity contribution < 1.29 is 9.59 Å². The first-order chi connectivity index (χ1) is 9.97. The average molecular weight is 326 g/mol. The number of hydrogen-bond donors (Lipinski definition) is 2. The molecule has 0 saturated carbocycles. The molecule has 22 heavy (non-hydrogen) atoms. The molecule has 1 aliphatic rings. The third kappa shape index (κ3) is 4.71. The number of piperazine rings is 1. The Morgan fingerprint density at radius 2 is 2.14 bits per heavy atom. The van der Waals surface area contributed by atoms with E-state index in [-0.39, 0.29) is 24.2 Å². The summed E-state index contributed by atoms with van der Waals surface area (Å²) in [6.45, 7) is 7.90. The second kappa shape index (κ2) is 8.15. The zero-order valence-corrected chi connectivity index (χ0v) is 14.1. The van der Waals surface area contributed by atoms with Gasteiger partial charge in [0.25, 0.3) is 5.91 Å². The van der Waals surface area contributed by atoms with Crippen LogP contribution in [0.3, 0.4) is 0 Å². The molecular formula is C16H24ClN3O2. The van der Waals surface area contributed by atoms with Gasteiger partial charge in [-0.2, -0.15) is 0 Å². The van der Waals surface area contributed by atoms with Crippen molar-refractivity contribution in [1.82, 2.24) is 15.5 Å². The van der Waals surface area contributed by atoms with Crippen molar-refractivity contribution in [3.05, 3.63) is 35.4 Å². The summed E-state index contributed by atoms with van der Waals surface area (Å²) < 4.78 is 0. The van der Waals surface area contributed by atoms with Crippen LogP contribution in [-0.4, -0.2) is 48.4 Å². The van der Waals surface area contributed by atoms with E-state index in [2.05, 4.69) is 17.6 Å². The topological polar surface area (TPSA) is 61.4 Å². The smallest absolute Gasteiger partial charge is 0.251 e. The van der Waals surface area contributed by atoms with Gasteiger partial charge in [-0.1, -0.05) is 17.7 Å². The molecule has 1 aromatic rings. The number of rotatable bonds is 3. The molecule has 0 radical (unpaired) electrons. The molecule has 2 atom stereocenters. The second-order valence-electron chi connectivity index (χ2n) is 5.70. The van der Waals surface area contributed by atoms with Gasteiger partial charge in [-0.25, -0.2) is 0 Å². The predicted octanol–water partition coefficient (Wildman–Crippen LogP) is 1.36. The quantitative estimate of drug-likeness (QED) is 0.882. The SMILES string of the molecule is Cc1cccc(C(=O)NC(C)C(=O)N2CCN[C@H](C)C2)c1.Cl. The Morgan fingerprint density at radius 1 is 1.41 bits per heavy atom. The fraction of sp³-hybridized carbons (Fsp3) is 0.500. The van der Waals surface area contributed by atoms with Crippen molar-refractivity contribution in [2.45, 2.75) is 32.9 Å². The Hall–Kier alpha value is -1.59. The van der Waals surface area contributed by atoms with Crippen LogP contribution in [0.25, 0.3) is 0 Å². The summed E-state index contributed by atoms with van der Waals surface area (Å²) in [6.07, 6.45) is 0. The number of aryl methyl sites for hydroxylation is 1. The van der Waals surface area contributed by atoms with Crippen molar-refractivity contribution in [3.8, 4) is 0 Å². The van der Waals surface area contributed by atoms with E-state index in [4.69, 9.17) is 0 Å². The molecule has 1 saturated heterocycles. The van der Waals surface area contributed by atoms with Crippen LogP contribution < -0.4 is 10.6 Å². The maximum Gasteiger partial charge on any atom is 0.251 e. The summed E-state index contributed by atoms with van der Waals surface area (Å²) in [5.74, 6) is -0.230. The second-order valence-corrected chi connectivity index (χ2v) is 5.70. The van der Waals surface area contributed by atoms with Crippen LogP contribution in [0.1, 0.15) is 29.8 Å². The highest BCUT2D eigenvalue weighted by Gasteiger charge is 2.25. The Bertz CT molecular complexity index is 536. The minimum atomic E-state index is -0.511. The van der Waals surface area contributed by atoms with E-state index in [1.165, 1.54) is 0 Å². The molecule has 2 N–H and O–H groups in total. The van der Waals surface area contributed by atoms with Crippen molar-refractivity contribution in [1.29, 1.82) is 0 Å². The van der Waals surface area contributed by atoms with Crippen molar-refractivity contribution >= 4 is 24.2 Å². The summed E-state index contributed by atoms with van der Waals surface area (Å²) in [5, 5.41) is 6.08. The highest BCUT2D eigenvalue weighted by Crippen LogP contribution is 2.06. The molecule has 0 bridgehead atoms. The van der Waals surface area contributed by atoms with Crippen LogP contribution in [0, 0.1) is 6.92 Å². The van der Waals surface area contributed by atoms with E-state index >= 15 is 0 Å². The highest BCUT2D eigenvalue weighted by atomic mass is 35.5. The summed E-state index contributed by atoms with van der Waals surface area (Å²) >= 11 is 0. The molecule has 1 unspecified atom stereocenters. The molecule has 1 aromatic carbocycles. The molecule has 0 aromatic heterocycles. The van der Waals surface area contributed by atoms with Gasteiger partial charge in [0.05, 0.1) is 0 Å². The Morgan fingerprint density at radius 3 is 2.77 bits per heavy atom. The van der Waals surface area contributed by atoms with E-state index in [9.17, 15) is 9.59 Å². The Balaban J connectivity index is 0.00000242. The largest absolute Gasteiger partial charge is 0.341 e. The van der Waals surface area contributed by atoms with E-state index in [0.717, 1.165) is 12.1 Å². The van der Waals surface area contributed by atoms with Crippen molar-refractivity contribution in [2.75, 3.05) is 19.6 Å². The summed E-state index contributed by atoms with van der Waals surface area (Å²) in [6, 6.07) is 7.14. The molecule has 2 amide bonds. The third-order valence-corrected chi connectivity index (χ3v) is 3.68. The maximum absolute atomic E-state index is 12.4. The van der Waals surface area contributed by atoms with Gasteiger partial charge in [-0.05, 0) is 32.9 Å². The number of halogens is 1. The molecule has 1 heterocycles. The minimum Gasteiger partial charge on any atom is -0.341 e. The lowest BCUT2D eigenvalue weighted by Gasteiger charge is -2.33. The molecule has 1 aliphatic heterocycles. The predicted molar refractivity (Wildman–Crippen MR) is 89.4 cm³/mol. The van der Waals surface area contributed by atoms with Gasteiger partial charge in [0, 0.05) is 31.2 Å². The van der Waals surface area contributed by atoms with Crippen LogP contribution in [-0.2, 0) is 4.79 Å². The van der Waals surface area contributed by atoms with Crippen LogP contribution in [0.5, 0.6) is 0 Å². The first-order valence-electron chi connectivity index (χ1n) is 7.37. The average Bonchev–Trinajstić information content (AvgIpc) is 2.46. The van der Waals surface area contributed by atoms with Gasteiger partial charge < -0.3 is 15.5 Å². The van der Waals surface area contributed by atoms with Crippen LogP contribution in [0.15, 0.2) is 24.3 Å². The molecule has 0 aliphatic carbocycles. The van der Waals surface area contributed by atoms with E-state index in [1.54, 1.807) is 13.0 Å². The number of carbonyl (C=O) groups excluding carboxylic acids is 2. The number of nitrogens with zero attached hydrogens (tertiary/aromatic N) is 1. The van der Waals surface area contributed by atoms with Crippen LogP contribution >= 0.6 is 12.4 Å². The van der Waals surface area contributed by atoms with Crippen molar-refractivity contribution in [2.24, 2.45) is 0 Å². The molecule has 2 rings (SSSR count). The van der Waals surface area contributed by atoms with Gasteiger partial charge in [0.15, 0.2) is 0 Å². The lowest BCUT2D eigenvalue weighted by atomic mass is 10.1. The molecule has 0 spiro atoms. The zero-order chi connectivity index (χ0) is 15.4. The monoisotopic (exact) mass is 325 g/mol. The van der Waals surface area contributed by atoms with Gasteiger partial charge in [-0.15, -0.1) is 12.4 Å². The number of nitrogens with one attached hydrogen (secondary N) is 2. The number of benzene rings is 1. The standard InChI is InChI=1S/C16H23N3O2.ClH/c1-11-5-4-6-14(9-11)15(20)18-13(3)16(21)19-8-7-17-12(2)10-19;/h4-6,9,12-13,17H,7-8,10H2,1-3H3,(H,18,20);1H/t12-,13?;/m1./s1. The van der Waals surface area contributed by atoms with Gasteiger partial charge in [-0.3, -0.25) is 9.59 Å². The third-order valence-electron chi connectivity index (χ3n) is 3.68. The summed E-state index contributed by atoms with van der Waals surface area (Å²) in [4.78, 5) is 26.3. The first kappa shape index (κ1) is 18.5. The van der Waals surface area contributed by atoms with Gasteiger partial charge in [0.1, 0.15) is 6.04 Å². The normalized spacial score (nSPS) is 19.0. The van der Waals surface area contributed by atoms with Gasteiger partial charge >= 0.3 is 0 Å². The fourth-order valence-corrected chi connectivity index (χ4v) is 2.53. The zero-order valence-electron chi connectivity index (χ0n) is 13.3. The van der Waals surface area contributed by atoms with Crippen molar-refractivity contribution in [3.63, 3.8) is 0 Å². The molecule has 6 heteroatoms. The molecule has 1 fully saturated rings. The fourth-order valence-electron chi connectivity index (χ4n) is 2.53. The van der Waals surface area contributed by atoms with E-state index in [0.29, 0.717) is 24.7 Å². The Labute approximate surface area is 137 Å². The van der Waals surface area contributed by atoms with Crippen LogP contribution in [0.4, 0.5) is 0 Å².